The van der Waals surface area contributed by atoms with E-state index in [1.807, 2.05) is 17.1 Å². The number of carbonyl (C=O) groups is 1. The van der Waals surface area contributed by atoms with Gasteiger partial charge in [0.25, 0.3) is 0 Å². The standard InChI is InChI=1S/C13H20N2O2/c14-10-5-4-9(8-10)13(16)15-6-7-17-12-3-1-2-11(12)15/h4-5,9-12H,1-3,6-8,14H2. The van der Waals surface area contributed by atoms with Gasteiger partial charge in [-0.15, -0.1) is 0 Å². The molecule has 94 valence electrons. The Kier molecular flexibility index (Phi) is 2.92. The zero-order valence-electron chi connectivity index (χ0n) is 10.0. The summed E-state index contributed by atoms with van der Waals surface area (Å²) in [5.41, 5.74) is 5.82. The summed E-state index contributed by atoms with van der Waals surface area (Å²) in [6.07, 6.45) is 8.37. The van der Waals surface area contributed by atoms with Gasteiger partial charge in [0.1, 0.15) is 0 Å². The van der Waals surface area contributed by atoms with Crippen LogP contribution in [0.15, 0.2) is 12.2 Å². The molecule has 4 heteroatoms. The molecule has 3 aliphatic rings. The lowest BCUT2D eigenvalue weighted by atomic mass is 10.0. The number of hydrogen-bond donors (Lipinski definition) is 1. The summed E-state index contributed by atoms with van der Waals surface area (Å²) in [4.78, 5) is 14.5. The number of morpholine rings is 1. The van der Waals surface area contributed by atoms with Gasteiger partial charge < -0.3 is 15.4 Å². The van der Waals surface area contributed by atoms with Crippen molar-refractivity contribution >= 4 is 5.91 Å². The van der Waals surface area contributed by atoms with Crippen LogP contribution in [0.25, 0.3) is 0 Å². The maximum Gasteiger partial charge on any atom is 0.229 e. The number of rotatable bonds is 1. The van der Waals surface area contributed by atoms with Gasteiger partial charge in [0, 0.05) is 12.6 Å². The molecule has 1 heterocycles. The first-order valence-corrected chi connectivity index (χ1v) is 6.61. The first-order chi connectivity index (χ1) is 8.25. The van der Waals surface area contributed by atoms with E-state index in [0.717, 1.165) is 25.8 Å². The number of carbonyl (C=O) groups excluding carboxylic acids is 1. The summed E-state index contributed by atoms with van der Waals surface area (Å²) in [5, 5.41) is 0. The highest BCUT2D eigenvalue weighted by Crippen LogP contribution is 2.31. The first kappa shape index (κ1) is 11.2. The second kappa shape index (κ2) is 4.42. The van der Waals surface area contributed by atoms with Crippen LogP contribution in [0.3, 0.4) is 0 Å². The number of nitrogens with two attached hydrogens (primary N) is 1. The summed E-state index contributed by atoms with van der Waals surface area (Å²) in [5.74, 6) is 0.263. The molecule has 0 radical (unpaired) electrons. The number of hydrogen-bond acceptors (Lipinski definition) is 3. The molecule has 2 N–H and O–H groups in total. The fourth-order valence-corrected chi connectivity index (χ4v) is 3.32. The molecule has 1 aliphatic heterocycles. The summed E-state index contributed by atoms with van der Waals surface area (Å²) >= 11 is 0. The van der Waals surface area contributed by atoms with Crippen molar-refractivity contribution in [3.8, 4) is 0 Å². The highest BCUT2D eigenvalue weighted by molar-refractivity contribution is 5.81. The first-order valence-electron chi connectivity index (χ1n) is 6.61. The van der Waals surface area contributed by atoms with E-state index in [1.54, 1.807) is 0 Å². The van der Waals surface area contributed by atoms with Crippen molar-refractivity contribution in [1.29, 1.82) is 0 Å². The van der Waals surface area contributed by atoms with Crippen LogP contribution in [0, 0.1) is 5.92 Å². The van der Waals surface area contributed by atoms with Gasteiger partial charge in [0.05, 0.1) is 24.7 Å². The van der Waals surface area contributed by atoms with Gasteiger partial charge in [-0.05, 0) is 25.7 Å². The third-order valence-electron chi connectivity index (χ3n) is 4.20. The van der Waals surface area contributed by atoms with E-state index in [0.29, 0.717) is 12.6 Å². The van der Waals surface area contributed by atoms with E-state index in [1.165, 1.54) is 6.42 Å². The smallest absolute Gasteiger partial charge is 0.229 e. The van der Waals surface area contributed by atoms with Crippen LogP contribution in [-0.2, 0) is 9.53 Å². The molecule has 4 atom stereocenters. The van der Waals surface area contributed by atoms with Gasteiger partial charge in [-0.25, -0.2) is 0 Å². The predicted octanol–water partition coefficient (Wildman–Crippen LogP) is 0.670. The van der Waals surface area contributed by atoms with E-state index < -0.39 is 0 Å². The maximum atomic E-state index is 12.5. The van der Waals surface area contributed by atoms with Crippen LogP contribution in [0.1, 0.15) is 25.7 Å². The third kappa shape index (κ3) is 2.00. The molecule has 0 aromatic heterocycles. The van der Waals surface area contributed by atoms with Crippen molar-refractivity contribution in [1.82, 2.24) is 4.90 Å². The Labute approximate surface area is 102 Å². The summed E-state index contributed by atoms with van der Waals surface area (Å²) in [6.45, 7) is 1.44. The molecule has 0 spiro atoms. The van der Waals surface area contributed by atoms with Crippen LogP contribution >= 0.6 is 0 Å². The number of ether oxygens (including phenoxy) is 1. The van der Waals surface area contributed by atoms with E-state index in [2.05, 4.69) is 0 Å². The molecule has 0 aromatic rings. The average molecular weight is 236 g/mol. The van der Waals surface area contributed by atoms with Crippen molar-refractivity contribution in [3.63, 3.8) is 0 Å². The van der Waals surface area contributed by atoms with Crippen LogP contribution in [0.5, 0.6) is 0 Å². The highest BCUT2D eigenvalue weighted by Gasteiger charge is 2.40. The van der Waals surface area contributed by atoms with Gasteiger partial charge in [-0.1, -0.05) is 12.2 Å². The number of amides is 1. The van der Waals surface area contributed by atoms with Crippen molar-refractivity contribution in [2.75, 3.05) is 13.2 Å². The minimum Gasteiger partial charge on any atom is -0.374 e. The summed E-state index contributed by atoms with van der Waals surface area (Å²) in [6, 6.07) is 0.380. The largest absolute Gasteiger partial charge is 0.374 e. The number of nitrogens with zero attached hydrogens (tertiary/aromatic N) is 1. The van der Waals surface area contributed by atoms with Gasteiger partial charge >= 0.3 is 0 Å². The average Bonchev–Trinajstić information content (AvgIpc) is 2.95. The molecular formula is C13H20N2O2. The van der Waals surface area contributed by atoms with Crippen LogP contribution in [-0.4, -0.2) is 42.1 Å². The van der Waals surface area contributed by atoms with E-state index in [4.69, 9.17) is 10.5 Å². The van der Waals surface area contributed by atoms with Crippen LogP contribution in [0.4, 0.5) is 0 Å². The van der Waals surface area contributed by atoms with E-state index in [-0.39, 0.29) is 24.0 Å². The molecule has 17 heavy (non-hydrogen) atoms. The molecule has 3 rings (SSSR count). The fourth-order valence-electron chi connectivity index (χ4n) is 3.32. The zero-order chi connectivity index (χ0) is 11.8. The monoisotopic (exact) mass is 236 g/mol. The molecule has 4 nitrogen and oxygen atoms in total. The quantitative estimate of drug-likeness (QED) is 0.681. The lowest BCUT2D eigenvalue weighted by Crippen LogP contribution is -2.52. The topological polar surface area (TPSA) is 55.6 Å². The second-order valence-corrected chi connectivity index (χ2v) is 5.33. The normalized spacial score (nSPS) is 40.6. The van der Waals surface area contributed by atoms with E-state index in [9.17, 15) is 4.79 Å². The Hall–Kier alpha value is -0.870. The lowest BCUT2D eigenvalue weighted by molar-refractivity contribution is -0.146. The third-order valence-corrected chi connectivity index (χ3v) is 4.20. The van der Waals surface area contributed by atoms with Crippen molar-refractivity contribution in [3.05, 3.63) is 12.2 Å². The van der Waals surface area contributed by atoms with Crippen LogP contribution in [0.2, 0.25) is 0 Å². The Balaban J connectivity index is 1.70. The Morgan fingerprint density at radius 1 is 1.35 bits per heavy atom. The Bertz CT molecular complexity index is 342. The maximum absolute atomic E-state index is 12.5. The molecule has 1 saturated carbocycles. The molecule has 0 bridgehead atoms. The fraction of sp³-hybridized carbons (Fsp3) is 0.769. The second-order valence-electron chi connectivity index (χ2n) is 5.33. The Morgan fingerprint density at radius 2 is 2.24 bits per heavy atom. The zero-order valence-corrected chi connectivity index (χ0v) is 10.0. The summed E-state index contributed by atoms with van der Waals surface area (Å²) < 4.78 is 5.73. The SMILES string of the molecule is NC1C=CC(C(=O)N2CCOC3CCCC32)C1. The predicted molar refractivity (Wildman–Crippen MR) is 64.3 cm³/mol. The van der Waals surface area contributed by atoms with E-state index >= 15 is 0 Å². The lowest BCUT2D eigenvalue weighted by Gasteiger charge is -2.38. The highest BCUT2D eigenvalue weighted by atomic mass is 16.5. The van der Waals surface area contributed by atoms with Crippen molar-refractivity contribution in [2.45, 2.75) is 43.9 Å². The van der Waals surface area contributed by atoms with Crippen molar-refractivity contribution < 1.29 is 9.53 Å². The molecule has 4 unspecified atom stereocenters. The molecule has 2 aliphatic carbocycles. The molecular weight excluding hydrogens is 216 g/mol. The van der Waals surface area contributed by atoms with Gasteiger partial charge in [-0.2, -0.15) is 0 Å². The number of fused-ring (bicyclic) bond motifs is 1. The molecule has 1 saturated heterocycles. The molecule has 0 aromatic carbocycles. The van der Waals surface area contributed by atoms with Gasteiger partial charge in [0.2, 0.25) is 5.91 Å². The Morgan fingerprint density at radius 3 is 3.00 bits per heavy atom. The van der Waals surface area contributed by atoms with Crippen LogP contribution < -0.4 is 5.73 Å². The molecule has 2 fully saturated rings. The minimum absolute atomic E-state index is 0.00403. The summed E-state index contributed by atoms with van der Waals surface area (Å²) in [7, 11) is 0. The molecule has 1 amide bonds. The minimum atomic E-state index is 0.00403. The van der Waals surface area contributed by atoms with Gasteiger partial charge in [-0.3, -0.25) is 4.79 Å². The van der Waals surface area contributed by atoms with Crippen molar-refractivity contribution in [2.24, 2.45) is 11.7 Å². The van der Waals surface area contributed by atoms with Gasteiger partial charge in [0.15, 0.2) is 0 Å².